The molecule has 0 amide bonds. The van der Waals surface area contributed by atoms with Gasteiger partial charge in [0, 0.05) is 31.7 Å². The lowest BCUT2D eigenvalue weighted by Crippen LogP contribution is -1.82. The average Bonchev–Trinajstić information content (AvgIpc) is 3.54. The van der Waals surface area contributed by atoms with Gasteiger partial charge in [0.1, 0.15) is 0 Å². The summed E-state index contributed by atoms with van der Waals surface area (Å²) in [5, 5.41) is -0.881. The summed E-state index contributed by atoms with van der Waals surface area (Å²) in [4.78, 5) is -0.768. The van der Waals surface area contributed by atoms with Gasteiger partial charge in [-0.1, -0.05) is 133 Å². The van der Waals surface area contributed by atoms with Crippen molar-refractivity contribution in [2.24, 2.45) is 0 Å². The highest BCUT2D eigenvalue weighted by Gasteiger charge is 2.18. The zero-order valence-corrected chi connectivity index (χ0v) is 17.2. The van der Waals surface area contributed by atoms with E-state index < -0.39 is 177 Å². The second-order valence-electron chi connectivity index (χ2n) is 6.51. The lowest BCUT2D eigenvalue weighted by atomic mass is 9.95. The SMILES string of the molecule is [2H]c1c([2H])c([2H])c(-c2c([2H])c([2H])c([2H])c([2H])c2-c2sc(-c3c([2H])c([2H])c([2H])c([2H])c3-c3c([2H])c([2H])c([2H])c([2H])c3[2H])c3c([2H])c([2H])c([2H])c([2H])c23)c([2H])c1[2H]. The Balaban J connectivity index is 1.95. The first-order valence-electron chi connectivity index (χ1n) is 20.4. The van der Waals surface area contributed by atoms with Crippen molar-refractivity contribution in [2.45, 2.75) is 0 Å². The van der Waals surface area contributed by atoms with E-state index in [0.717, 1.165) is 0 Å². The molecule has 1 aromatic heterocycles. The molecule has 6 rings (SSSR count). The van der Waals surface area contributed by atoms with Gasteiger partial charge in [-0.25, -0.2) is 0 Å². The van der Waals surface area contributed by atoms with Crippen molar-refractivity contribution in [3.8, 4) is 43.1 Å². The molecule has 0 N–H and O–H groups in total. The highest BCUT2D eigenvalue weighted by Crippen LogP contribution is 2.48. The van der Waals surface area contributed by atoms with Crippen molar-refractivity contribution in [3.05, 3.63) is 133 Å². The zero-order chi connectivity index (χ0) is 41.2. The first-order valence-corrected chi connectivity index (χ1v) is 10.2. The Hall–Kier alpha value is -3.94. The number of thiophene rings is 1. The van der Waals surface area contributed by atoms with Crippen LogP contribution >= 0.6 is 11.3 Å². The van der Waals surface area contributed by atoms with Gasteiger partial charge < -0.3 is 0 Å². The standard InChI is InChI=1S/C32H22S/c1-3-13-23(14-4-1)25-17-7-9-19-27(25)31-29-21-11-12-22-30(29)32(33-31)28-20-10-8-18-26(28)24-15-5-2-6-16-24/h1-22H/i1D,2D,3D,4D,5D,6D,7D,8D,9D,10D,11D,12D,13D,14D,15D,16D,17D,18D,19D,20D,21D,22D. The summed E-state index contributed by atoms with van der Waals surface area (Å²) in [5.41, 5.74) is -3.74. The molecule has 0 saturated carbocycles. The molecule has 33 heavy (non-hydrogen) atoms. The molecule has 0 radical (unpaired) electrons. The molecule has 5 aromatic carbocycles. The molecule has 0 atom stereocenters. The molecular weight excluding hydrogens is 416 g/mol. The van der Waals surface area contributed by atoms with Crippen molar-refractivity contribution < 1.29 is 30.2 Å². The predicted molar refractivity (Wildman–Crippen MR) is 144 cm³/mol. The van der Waals surface area contributed by atoms with E-state index in [1.807, 2.05) is 0 Å². The van der Waals surface area contributed by atoms with Crippen molar-refractivity contribution in [1.82, 2.24) is 0 Å². The minimum absolute atomic E-state index is 0.384. The number of rotatable bonds is 4. The minimum Gasteiger partial charge on any atom is -0.134 e. The van der Waals surface area contributed by atoms with Crippen LogP contribution in [0.25, 0.3) is 53.9 Å². The van der Waals surface area contributed by atoms with Gasteiger partial charge in [-0.2, -0.15) is 0 Å². The number of fused-ring (bicyclic) bond motifs is 1. The second kappa shape index (κ2) is 8.54. The molecule has 156 valence electrons. The molecule has 0 saturated heterocycles. The van der Waals surface area contributed by atoms with Crippen LogP contribution in [0.4, 0.5) is 0 Å². The van der Waals surface area contributed by atoms with E-state index in [2.05, 4.69) is 0 Å². The third kappa shape index (κ3) is 3.57. The van der Waals surface area contributed by atoms with Gasteiger partial charge in [0.15, 0.2) is 0 Å². The molecule has 0 bridgehead atoms. The first-order chi connectivity index (χ1) is 25.5. The van der Waals surface area contributed by atoms with Gasteiger partial charge in [-0.15, -0.1) is 11.3 Å². The summed E-state index contributed by atoms with van der Waals surface area (Å²) in [6, 6.07) is -18.6. The fraction of sp³-hybridized carbons (Fsp3) is 0. The van der Waals surface area contributed by atoms with Crippen molar-refractivity contribution in [2.75, 3.05) is 0 Å². The minimum atomic E-state index is -0.876. The van der Waals surface area contributed by atoms with E-state index >= 15 is 0 Å². The van der Waals surface area contributed by atoms with Crippen LogP contribution in [-0.2, 0) is 0 Å². The smallest absolute Gasteiger partial charge is 0.0630 e. The topological polar surface area (TPSA) is 0 Å². The molecule has 0 spiro atoms. The molecule has 0 fully saturated rings. The van der Waals surface area contributed by atoms with E-state index in [0.29, 0.717) is 11.3 Å². The van der Waals surface area contributed by atoms with Gasteiger partial charge in [-0.05, 0) is 22.3 Å². The summed E-state index contributed by atoms with van der Waals surface area (Å²) in [5.74, 6) is 0. The highest BCUT2D eigenvalue weighted by molar-refractivity contribution is 7.21. The summed E-state index contributed by atoms with van der Waals surface area (Å²) >= 11 is 0.455. The zero-order valence-electron chi connectivity index (χ0n) is 38.4. The molecule has 0 aliphatic heterocycles. The van der Waals surface area contributed by atoms with Gasteiger partial charge in [-0.3, -0.25) is 0 Å². The van der Waals surface area contributed by atoms with E-state index in [9.17, 15) is 0 Å². The van der Waals surface area contributed by atoms with Crippen molar-refractivity contribution in [3.63, 3.8) is 0 Å². The van der Waals surface area contributed by atoms with Crippen LogP contribution in [0, 0.1) is 0 Å². The largest absolute Gasteiger partial charge is 0.134 e. The first kappa shape index (κ1) is 7.28. The van der Waals surface area contributed by atoms with Gasteiger partial charge in [0.05, 0.1) is 30.2 Å². The molecule has 0 nitrogen and oxygen atoms in total. The lowest BCUT2D eigenvalue weighted by Gasteiger charge is -2.09. The van der Waals surface area contributed by atoms with Crippen LogP contribution < -0.4 is 0 Å². The van der Waals surface area contributed by atoms with Gasteiger partial charge >= 0.3 is 0 Å². The number of hydrogen-bond donors (Lipinski definition) is 0. The van der Waals surface area contributed by atoms with Crippen LogP contribution in [0.15, 0.2) is 133 Å². The summed E-state index contributed by atoms with van der Waals surface area (Å²) < 4.78 is 189. The summed E-state index contributed by atoms with van der Waals surface area (Å²) in [6.45, 7) is 0. The Morgan fingerprint density at radius 1 is 0.364 bits per heavy atom. The van der Waals surface area contributed by atoms with Crippen molar-refractivity contribution >= 4 is 22.1 Å². The Labute approximate surface area is 229 Å². The maximum Gasteiger partial charge on any atom is 0.0630 e. The molecule has 1 heterocycles. The van der Waals surface area contributed by atoms with Crippen LogP contribution in [0.2, 0.25) is 0 Å². The van der Waals surface area contributed by atoms with E-state index in [1.165, 1.54) is 0 Å². The molecular formula is C32H22S. The van der Waals surface area contributed by atoms with E-state index in [-0.39, 0.29) is 9.75 Å². The molecule has 0 unspecified atom stereocenters. The van der Waals surface area contributed by atoms with Crippen molar-refractivity contribution in [1.29, 1.82) is 0 Å². The van der Waals surface area contributed by atoms with Gasteiger partial charge in [0.25, 0.3) is 0 Å². The Kier molecular flexibility index (Phi) is 1.88. The Bertz CT molecular complexity index is 2490. The Morgan fingerprint density at radius 3 is 1.12 bits per heavy atom. The quantitative estimate of drug-likeness (QED) is 0.246. The summed E-state index contributed by atoms with van der Waals surface area (Å²) in [7, 11) is 0. The number of hydrogen-bond acceptors (Lipinski definition) is 1. The monoisotopic (exact) mass is 460 g/mol. The van der Waals surface area contributed by atoms with Crippen LogP contribution in [0.5, 0.6) is 0 Å². The maximum atomic E-state index is 9.04. The summed E-state index contributed by atoms with van der Waals surface area (Å²) in [6.07, 6.45) is 0. The molecule has 6 aromatic rings. The van der Waals surface area contributed by atoms with Gasteiger partial charge in [0.2, 0.25) is 0 Å². The molecule has 0 aliphatic rings. The normalized spacial score (nSPS) is 20.4. The van der Waals surface area contributed by atoms with E-state index in [1.54, 1.807) is 0 Å². The third-order valence-electron chi connectivity index (χ3n) is 4.67. The number of benzene rings is 5. The van der Waals surface area contributed by atoms with Crippen LogP contribution in [-0.4, -0.2) is 0 Å². The second-order valence-corrected chi connectivity index (χ2v) is 7.53. The maximum absolute atomic E-state index is 9.04. The Morgan fingerprint density at radius 2 is 0.697 bits per heavy atom. The lowest BCUT2D eigenvalue weighted by molar-refractivity contribution is 1.62. The predicted octanol–water partition coefficient (Wildman–Crippen LogP) is 9.57. The average molecular weight is 461 g/mol. The van der Waals surface area contributed by atoms with Crippen LogP contribution in [0.1, 0.15) is 30.2 Å². The third-order valence-corrected chi connectivity index (χ3v) is 5.90. The molecule has 0 aliphatic carbocycles. The highest BCUT2D eigenvalue weighted by atomic mass is 32.1. The molecule has 1 heteroatoms. The fourth-order valence-electron chi connectivity index (χ4n) is 3.30. The van der Waals surface area contributed by atoms with E-state index in [4.69, 9.17) is 30.2 Å². The fourth-order valence-corrected chi connectivity index (χ4v) is 4.52. The van der Waals surface area contributed by atoms with Crippen LogP contribution in [0.3, 0.4) is 0 Å².